The number of hydrogen-bond acceptors (Lipinski definition) is 3. The predicted octanol–water partition coefficient (Wildman–Crippen LogP) is 4.01. The number of carbonyl (C=O) groups excluding carboxylic acids is 1. The second-order valence-corrected chi connectivity index (χ2v) is 7.14. The average Bonchev–Trinajstić information content (AvgIpc) is 3.36. The molecule has 1 aliphatic rings. The van der Waals surface area contributed by atoms with Gasteiger partial charge in [-0.15, -0.1) is 0 Å². The van der Waals surface area contributed by atoms with Crippen molar-refractivity contribution in [2.45, 2.75) is 38.6 Å². The SMILES string of the molecule is Cc1nccn1-c1cccc(C2CCCN2C(=O)CCc2ccc(F)cc2)n1. The topological polar surface area (TPSA) is 51.0 Å². The number of hydrogen-bond donors (Lipinski definition) is 0. The molecule has 2 aromatic heterocycles. The van der Waals surface area contributed by atoms with Crippen molar-refractivity contribution in [3.05, 3.63) is 77.8 Å². The molecule has 1 aliphatic heterocycles. The van der Waals surface area contributed by atoms with E-state index in [1.54, 1.807) is 18.3 Å². The van der Waals surface area contributed by atoms with Crippen molar-refractivity contribution in [2.24, 2.45) is 0 Å². The summed E-state index contributed by atoms with van der Waals surface area (Å²) in [6, 6.07) is 12.3. The minimum Gasteiger partial charge on any atom is -0.334 e. The summed E-state index contributed by atoms with van der Waals surface area (Å²) < 4.78 is 15.0. The largest absolute Gasteiger partial charge is 0.334 e. The molecule has 0 saturated carbocycles. The van der Waals surface area contributed by atoms with Crippen molar-refractivity contribution in [1.82, 2.24) is 19.4 Å². The van der Waals surface area contributed by atoms with Crippen molar-refractivity contribution >= 4 is 5.91 Å². The lowest BCUT2D eigenvalue weighted by Crippen LogP contribution is -2.31. The van der Waals surface area contributed by atoms with Gasteiger partial charge < -0.3 is 4.90 Å². The van der Waals surface area contributed by atoms with Crippen LogP contribution in [0.1, 0.15) is 42.4 Å². The molecule has 3 aromatic rings. The maximum atomic E-state index is 13.0. The molecule has 0 bridgehead atoms. The highest BCUT2D eigenvalue weighted by Gasteiger charge is 2.30. The molecule has 0 N–H and O–H groups in total. The number of halogens is 1. The van der Waals surface area contributed by atoms with Crippen LogP contribution < -0.4 is 0 Å². The van der Waals surface area contributed by atoms with Gasteiger partial charge in [0.25, 0.3) is 0 Å². The maximum Gasteiger partial charge on any atom is 0.223 e. The molecule has 1 atom stereocenters. The van der Waals surface area contributed by atoms with Crippen LogP contribution in [0.25, 0.3) is 5.82 Å². The van der Waals surface area contributed by atoms with Crippen LogP contribution in [0.15, 0.2) is 54.9 Å². The van der Waals surface area contributed by atoms with E-state index in [0.717, 1.165) is 42.3 Å². The van der Waals surface area contributed by atoms with E-state index in [-0.39, 0.29) is 17.8 Å². The molecule has 1 saturated heterocycles. The first kappa shape index (κ1) is 18.3. The monoisotopic (exact) mass is 378 g/mol. The van der Waals surface area contributed by atoms with Gasteiger partial charge in [0.2, 0.25) is 5.91 Å². The van der Waals surface area contributed by atoms with Crippen molar-refractivity contribution < 1.29 is 9.18 Å². The number of pyridine rings is 1. The van der Waals surface area contributed by atoms with Gasteiger partial charge in [-0.3, -0.25) is 9.36 Å². The van der Waals surface area contributed by atoms with Crippen LogP contribution in [0.2, 0.25) is 0 Å². The lowest BCUT2D eigenvalue weighted by atomic mass is 10.1. The Balaban J connectivity index is 1.48. The van der Waals surface area contributed by atoms with Crippen LogP contribution in [-0.2, 0) is 11.2 Å². The van der Waals surface area contributed by atoms with Gasteiger partial charge in [-0.05, 0) is 56.0 Å². The number of aryl methyl sites for hydroxylation is 2. The molecule has 28 heavy (non-hydrogen) atoms. The Morgan fingerprint density at radius 1 is 1.21 bits per heavy atom. The van der Waals surface area contributed by atoms with Gasteiger partial charge in [0.05, 0.1) is 11.7 Å². The van der Waals surface area contributed by atoms with Crippen LogP contribution >= 0.6 is 0 Å². The van der Waals surface area contributed by atoms with Crippen LogP contribution in [0, 0.1) is 12.7 Å². The zero-order valence-electron chi connectivity index (χ0n) is 15.9. The van der Waals surface area contributed by atoms with E-state index in [4.69, 9.17) is 4.98 Å². The molecule has 144 valence electrons. The Bertz CT molecular complexity index is 967. The average molecular weight is 378 g/mol. The Morgan fingerprint density at radius 2 is 2.04 bits per heavy atom. The highest BCUT2D eigenvalue weighted by molar-refractivity contribution is 5.77. The summed E-state index contributed by atoms with van der Waals surface area (Å²) >= 11 is 0. The van der Waals surface area contributed by atoms with Crippen LogP contribution in [-0.4, -0.2) is 31.9 Å². The van der Waals surface area contributed by atoms with E-state index in [9.17, 15) is 9.18 Å². The van der Waals surface area contributed by atoms with E-state index in [1.807, 2.05) is 40.8 Å². The summed E-state index contributed by atoms with van der Waals surface area (Å²) in [4.78, 5) is 23.8. The van der Waals surface area contributed by atoms with Crippen molar-refractivity contribution in [3.63, 3.8) is 0 Å². The Morgan fingerprint density at radius 3 is 2.79 bits per heavy atom. The third-order valence-electron chi connectivity index (χ3n) is 5.28. The predicted molar refractivity (Wildman–Crippen MR) is 105 cm³/mol. The number of aromatic nitrogens is 3. The van der Waals surface area contributed by atoms with Crippen LogP contribution in [0.3, 0.4) is 0 Å². The molecular formula is C22H23FN4O. The molecule has 4 rings (SSSR count). The minimum atomic E-state index is -0.256. The number of likely N-dealkylation sites (tertiary alicyclic amines) is 1. The Labute approximate surface area is 163 Å². The van der Waals surface area contributed by atoms with Crippen molar-refractivity contribution in [2.75, 3.05) is 6.54 Å². The summed E-state index contributed by atoms with van der Waals surface area (Å²) in [5.74, 6) is 1.56. The quantitative estimate of drug-likeness (QED) is 0.674. The van der Waals surface area contributed by atoms with E-state index in [0.29, 0.717) is 12.8 Å². The molecule has 0 radical (unpaired) electrons. The zero-order valence-corrected chi connectivity index (χ0v) is 15.9. The van der Waals surface area contributed by atoms with Crippen molar-refractivity contribution in [1.29, 1.82) is 0 Å². The number of rotatable bonds is 5. The third-order valence-corrected chi connectivity index (χ3v) is 5.28. The molecule has 6 heteroatoms. The van der Waals surface area contributed by atoms with Gasteiger partial charge in [0.1, 0.15) is 17.5 Å². The van der Waals surface area contributed by atoms with Crippen LogP contribution in [0.4, 0.5) is 4.39 Å². The van der Waals surface area contributed by atoms with Gasteiger partial charge in [0, 0.05) is 25.4 Å². The summed E-state index contributed by atoms with van der Waals surface area (Å²) in [7, 11) is 0. The third kappa shape index (κ3) is 3.81. The number of benzene rings is 1. The van der Waals surface area contributed by atoms with E-state index < -0.39 is 0 Å². The number of nitrogens with zero attached hydrogens (tertiary/aromatic N) is 4. The fourth-order valence-electron chi connectivity index (χ4n) is 3.80. The highest BCUT2D eigenvalue weighted by atomic mass is 19.1. The first-order valence-electron chi connectivity index (χ1n) is 9.63. The van der Waals surface area contributed by atoms with Crippen molar-refractivity contribution in [3.8, 4) is 5.82 Å². The van der Waals surface area contributed by atoms with Gasteiger partial charge >= 0.3 is 0 Å². The molecule has 0 spiro atoms. The smallest absolute Gasteiger partial charge is 0.223 e. The molecule has 1 aromatic carbocycles. The Hall–Kier alpha value is -3.02. The summed E-state index contributed by atoms with van der Waals surface area (Å²) in [5, 5.41) is 0. The number of imidazole rings is 1. The van der Waals surface area contributed by atoms with E-state index >= 15 is 0 Å². The van der Waals surface area contributed by atoms with Gasteiger partial charge in [-0.2, -0.15) is 0 Å². The lowest BCUT2D eigenvalue weighted by Gasteiger charge is -2.25. The molecular weight excluding hydrogens is 355 g/mol. The lowest BCUT2D eigenvalue weighted by molar-refractivity contribution is -0.132. The second-order valence-electron chi connectivity index (χ2n) is 7.14. The standard InChI is InChI=1S/C22H23FN4O/c1-16-24-13-15-26(16)21-6-2-4-19(25-21)20-5-3-14-27(20)22(28)12-9-17-7-10-18(23)11-8-17/h2,4,6-8,10-11,13,15,20H,3,5,9,12,14H2,1H3. The highest BCUT2D eigenvalue weighted by Crippen LogP contribution is 2.32. The molecule has 1 amide bonds. The fraction of sp³-hybridized carbons (Fsp3) is 0.318. The normalized spacial score (nSPS) is 16.5. The molecule has 1 unspecified atom stereocenters. The fourth-order valence-corrected chi connectivity index (χ4v) is 3.80. The van der Waals surface area contributed by atoms with Gasteiger partial charge in [-0.1, -0.05) is 18.2 Å². The summed E-state index contributed by atoms with van der Waals surface area (Å²) in [5.41, 5.74) is 1.89. The first-order valence-corrected chi connectivity index (χ1v) is 9.63. The summed E-state index contributed by atoms with van der Waals surface area (Å²) in [6.45, 7) is 2.69. The first-order chi connectivity index (χ1) is 13.6. The number of amides is 1. The zero-order chi connectivity index (χ0) is 19.5. The van der Waals surface area contributed by atoms with E-state index in [2.05, 4.69) is 4.98 Å². The second kappa shape index (κ2) is 7.92. The molecule has 0 aliphatic carbocycles. The van der Waals surface area contributed by atoms with E-state index in [1.165, 1.54) is 12.1 Å². The number of carbonyl (C=O) groups is 1. The molecule has 3 heterocycles. The molecule has 5 nitrogen and oxygen atoms in total. The van der Waals surface area contributed by atoms with Crippen LogP contribution in [0.5, 0.6) is 0 Å². The Kier molecular flexibility index (Phi) is 5.19. The molecule has 1 fully saturated rings. The van der Waals surface area contributed by atoms with Gasteiger partial charge in [0.15, 0.2) is 0 Å². The van der Waals surface area contributed by atoms with Gasteiger partial charge in [-0.25, -0.2) is 14.4 Å². The maximum absolute atomic E-state index is 13.0. The summed E-state index contributed by atoms with van der Waals surface area (Å²) in [6.07, 6.45) is 6.57. The minimum absolute atomic E-state index is 0.00416.